The molecule has 114 valence electrons. The third-order valence-electron chi connectivity index (χ3n) is 2.97. The summed E-state index contributed by atoms with van der Waals surface area (Å²) in [5.74, 6) is -0.653. The first-order valence-corrected chi connectivity index (χ1v) is 7.46. The van der Waals surface area contributed by atoms with Crippen LogP contribution in [0.15, 0.2) is 23.3 Å². The first-order valence-electron chi connectivity index (χ1n) is 6.20. The van der Waals surface area contributed by atoms with E-state index in [1.54, 1.807) is 6.07 Å². The van der Waals surface area contributed by atoms with Gasteiger partial charge in [0.2, 0.25) is 5.95 Å². The second kappa shape index (κ2) is 5.46. The summed E-state index contributed by atoms with van der Waals surface area (Å²) in [7, 11) is 0. The fraction of sp³-hybridized carbons (Fsp3) is 0.462. The van der Waals surface area contributed by atoms with Crippen molar-refractivity contribution in [1.29, 1.82) is 0 Å². The number of carbonyl (C=O) groups is 1. The molecule has 1 amide bonds. The van der Waals surface area contributed by atoms with E-state index in [2.05, 4.69) is 15.3 Å². The summed E-state index contributed by atoms with van der Waals surface area (Å²) in [5, 5.41) is 11.0. The number of nitrogens with zero attached hydrogens (tertiary/aromatic N) is 2. The molecule has 1 aromatic rings. The Hall–Kier alpha value is -1.34. The molecule has 1 aliphatic rings. The van der Waals surface area contributed by atoms with Crippen LogP contribution >= 0.6 is 23.4 Å². The highest BCUT2D eigenvalue weighted by Gasteiger charge is 2.51. The van der Waals surface area contributed by atoms with E-state index >= 15 is 0 Å². The maximum absolute atomic E-state index is 13.4. The van der Waals surface area contributed by atoms with Crippen LogP contribution in [-0.4, -0.2) is 26.6 Å². The second-order valence-corrected chi connectivity index (χ2v) is 7.42. The van der Waals surface area contributed by atoms with Crippen LogP contribution in [0.3, 0.4) is 0 Å². The van der Waals surface area contributed by atoms with Crippen molar-refractivity contribution in [3.63, 3.8) is 0 Å². The van der Waals surface area contributed by atoms with Gasteiger partial charge in [-0.05, 0) is 11.5 Å². The summed E-state index contributed by atoms with van der Waals surface area (Å²) >= 11 is 7.90. The summed E-state index contributed by atoms with van der Waals surface area (Å²) in [6, 6.07) is 2.81. The van der Waals surface area contributed by atoms with Gasteiger partial charge in [0.05, 0.1) is 5.25 Å². The lowest BCUT2D eigenvalue weighted by Crippen LogP contribution is -2.37. The zero-order valence-electron chi connectivity index (χ0n) is 11.7. The molecule has 5 nitrogen and oxygen atoms in total. The first kappa shape index (κ1) is 16.0. The van der Waals surface area contributed by atoms with E-state index in [1.165, 1.54) is 24.0 Å². The maximum Gasteiger partial charge on any atom is 0.410 e. The number of pyridine rings is 1. The van der Waals surface area contributed by atoms with Gasteiger partial charge in [0, 0.05) is 17.8 Å². The molecule has 0 radical (unpaired) electrons. The Bertz CT molecular complexity index is 605. The van der Waals surface area contributed by atoms with Crippen LogP contribution in [0.25, 0.3) is 0 Å². The number of aliphatic imine (C=N–C) groups is 1. The monoisotopic (exact) mass is 331 g/mol. The van der Waals surface area contributed by atoms with Crippen LogP contribution < -0.4 is 5.32 Å². The van der Waals surface area contributed by atoms with Crippen molar-refractivity contribution in [2.75, 3.05) is 0 Å². The Kier molecular flexibility index (Phi) is 4.17. The third-order valence-corrected chi connectivity index (χ3v) is 5.32. The summed E-state index contributed by atoms with van der Waals surface area (Å²) < 4.78 is 13.4. The Morgan fingerprint density at radius 2 is 2.24 bits per heavy atom. The van der Waals surface area contributed by atoms with E-state index in [9.17, 15) is 9.18 Å². The number of amides is 1. The molecule has 2 heterocycles. The highest BCUT2D eigenvalue weighted by atomic mass is 35.5. The summed E-state index contributed by atoms with van der Waals surface area (Å²) in [6.07, 6.45) is 0.105. The standard InChI is InChI=1S/C13H15ClFN3O2S/c1-12(2,3)9-13(14,7-4-5-16-8(15)6-7)18-10(21-9)17-11(19)20/h4-6,9H,1-3H3,(H,17,18)(H,19,20). The lowest BCUT2D eigenvalue weighted by atomic mass is 9.84. The summed E-state index contributed by atoms with van der Waals surface area (Å²) in [6.45, 7) is 5.91. The molecule has 1 aromatic heterocycles. The smallest absolute Gasteiger partial charge is 0.410 e. The number of hydrogen-bond donors (Lipinski definition) is 2. The quantitative estimate of drug-likeness (QED) is 0.470. The predicted octanol–water partition coefficient (Wildman–Crippen LogP) is 3.40. The molecular formula is C13H15ClFN3O2S. The molecule has 0 saturated heterocycles. The molecule has 1 aliphatic heterocycles. The van der Waals surface area contributed by atoms with E-state index < -0.39 is 17.0 Å². The van der Waals surface area contributed by atoms with Gasteiger partial charge in [0.25, 0.3) is 0 Å². The SMILES string of the molecule is CC(C)(C)C1SC(NC(=O)O)=NC1(Cl)c1ccnc(F)c1. The summed E-state index contributed by atoms with van der Waals surface area (Å²) in [5.41, 5.74) is 0.170. The van der Waals surface area contributed by atoms with Gasteiger partial charge in [-0.2, -0.15) is 4.39 Å². The minimum atomic E-state index is -1.25. The summed E-state index contributed by atoms with van der Waals surface area (Å²) in [4.78, 5) is 17.3. The minimum Gasteiger partial charge on any atom is -0.465 e. The highest BCUT2D eigenvalue weighted by Crippen LogP contribution is 2.52. The highest BCUT2D eigenvalue weighted by molar-refractivity contribution is 8.14. The average Bonchev–Trinajstić information content (AvgIpc) is 2.66. The van der Waals surface area contributed by atoms with E-state index in [0.717, 1.165) is 0 Å². The van der Waals surface area contributed by atoms with Crippen LogP contribution in [0.1, 0.15) is 26.3 Å². The van der Waals surface area contributed by atoms with Crippen molar-refractivity contribution in [1.82, 2.24) is 10.3 Å². The Balaban J connectivity index is 2.48. The minimum absolute atomic E-state index is 0.203. The van der Waals surface area contributed by atoms with Crippen molar-refractivity contribution in [2.45, 2.75) is 31.0 Å². The zero-order valence-corrected chi connectivity index (χ0v) is 13.3. The third kappa shape index (κ3) is 3.29. The van der Waals surface area contributed by atoms with Gasteiger partial charge in [0.15, 0.2) is 10.2 Å². The van der Waals surface area contributed by atoms with Gasteiger partial charge in [-0.3, -0.25) is 5.32 Å². The Labute approximate surface area is 131 Å². The van der Waals surface area contributed by atoms with Crippen molar-refractivity contribution in [3.8, 4) is 0 Å². The van der Waals surface area contributed by atoms with Crippen molar-refractivity contribution >= 4 is 34.6 Å². The lowest BCUT2D eigenvalue weighted by molar-refractivity contribution is 0.200. The second-order valence-electron chi connectivity index (χ2n) is 5.75. The fourth-order valence-electron chi connectivity index (χ4n) is 2.16. The van der Waals surface area contributed by atoms with Crippen molar-refractivity contribution < 1.29 is 14.3 Å². The van der Waals surface area contributed by atoms with Crippen LogP contribution in [-0.2, 0) is 5.00 Å². The topological polar surface area (TPSA) is 74.6 Å². The molecule has 0 saturated carbocycles. The van der Waals surface area contributed by atoms with E-state index in [0.29, 0.717) is 5.56 Å². The molecule has 8 heteroatoms. The number of aromatic nitrogens is 1. The largest absolute Gasteiger partial charge is 0.465 e. The van der Waals surface area contributed by atoms with Crippen LogP contribution in [0.4, 0.5) is 9.18 Å². The molecule has 0 bridgehead atoms. The molecule has 0 fully saturated rings. The number of alkyl halides is 1. The fourth-order valence-corrected chi connectivity index (χ4v) is 4.14. The number of hydrogen-bond acceptors (Lipinski definition) is 4. The molecule has 0 aromatic carbocycles. The molecule has 2 N–H and O–H groups in total. The van der Waals surface area contributed by atoms with Crippen molar-refractivity contribution in [2.24, 2.45) is 10.4 Å². The molecule has 0 spiro atoms. The van der Waals surface area contributed by atoms with E-state index in [4.69, 9.17) is 16.7 Å². The lowest BCUT2D eigenvalue weighted by Gasteiger charge is -2.35. The molecule has 0 aliphatic carbocycles. The number of amidine groups is 1. The van der Waals surface area contributed by atoms with Crippen LogP contribution in [0.2, 0.25) is 0 Å². The first-order chi connectivity index (χ1) is 9.63. The van der Waals surface area contributed by atoms with Gasteiger partial charge in [-0.1, -0.05) is 44.1 Å². The van der Waals surface area contributed by atoms with Crippen molar-refractivity contribution in [3.05, 3.63) is 29.8 Å². The van der Waals surface area contributed by atoms with Gasteiger partial charge in [-0.15, -0.1) is 0 Å². The van der Waals surface area contributed by atoms with Gasteiger partial charge >= 0.3 is 6.09 Å². The number of nitrogens with one attached hydrogen (secondary N) is 1. The van der Waals surface area contributed by atoms with E-state index in [-0.39, 0.29) is 15.8 Å². The Morgan fingerprint density at radius 3 is 2.76 bits per heavy atom. The number of thioether (sulfide) groups is 1. The molecular weight excluding hydrogens is 317 g/mol. The van der Waals surface area contributed by atoms with Gasteiger partial charge in [0.1, 0.15) is 0 Å². The number of carboxylic acid groups (broad SMARTS) is 1. The molecule has 21 heavy (non-hydrogen) atoms. The average molecular weight is 332 g/mol. The molecule has 2 unspecified atom stereocenters. The predicted molar refractivity (Wildman–Crippen MR) is 81.2 cm³/mol. The van der Waals surface area contributed by atoms with E-state index in [1.807, 2.05) is 20.8 Å². The van der Waals surface area contributed by atoms with Crippen LogP contribution in [0.5, 0.6) is 0 Å². The van der Waals surface area contributed by atoms with Gasteiger partial charge < -0.3 is 5.11 Å². The normalized spacial score (nSPS) is 25.6. The zero-order chi connectivity index (χ0) is 15.8. The van der Waals surface area contributed by atoms with Crippen LogP contribution in [0, 0.1) is 11.4 Å². The Morgan fingerprint density at radius 1 is 1.57 bits per heavy atom. The van der Waals surface area contributed by atoms with Gasteiger partial charge in [-0.25, -0.2) is 14.8 Å². The maximum atomic E-state index is 13.4. The number of halogens is 2. The number of rotatable bonds is 1. The molecule has 2 rings (SSSR count). The molecule has 2 atom stereocenters.